The van der Waals surface area contributed by atoms with Gasteiger partial charge in [-0.05, 0) is 80.0 Å². The van der Waals surface area contributed by atoms with Crippen LogP contribution in [0.15, 0.2) is 83.9 Å². The maximum absolute atomic E-state index is 13.4. The van der Waals surface area contributed by atoms with Crippen molar-refractivity contribution in [2.24, 2.45) is 16.8 Å². The number of rotatable bonds is 10. The number of anilines is 2. The molecule has 0 aliphatic heterocycles. The van der Waals surface area contributed by atoms with E-state index in [9.17, 15) is 9.59 Å². The number of nitrogen functional groups attached to an aromatic ring is 1. The van der Waals surface area contributed by atoms with Crippen LogP contribution in [-0.4, -0.2) is 23.1 Å². The molecule has 2 aliphatic carbocycles. The Kier molecular flexibility index (Phi) is 9.75. The van der Waals surface area contributed by atoms with E-state index in [-0.39, 0.29) is 11.8 Å². The largest absolute Gasteiger partial charge is 0.398 e. The second-order valence-corrected chi connectivity index (χ2v) is 12.2. The lowest BCUT2D eigenvalue weighted by atomic mass is 9.75. The monoisotopic (exact) mass is 576 g/mol. The molecule has 2 amide bonds. The average molecular weight is 577 g/mol. The molecule has 6 nitrogen and oxygen atoms in total. The third kappa shape index (κ3) is 7.42. The summed E-state index contributed by atoms with van der Waals surface area (Å²) in [6, 6.07) is 23.2. The molecule has 0 aromatic heterocycles. The lowest BCUT2D eigenvalue weighted by molar-refractivity contribution is -0.125. The molecular formula is C37H44N4O2. The zero-order valence-electron chi connectivity index (χ0n) is 25.4. The number of allylic oxidation sites excluding steroid dienone is 1. The van der Waals surface area contributed by atoms with Crippen LogP contribution in [0.25, 0.3) is 6.08 Å². The first-order valence-corrected chi connectivity index (χ1v) is 15.8. The Balaban J connectivity index is 1.29. The third-order valence-electron chi connectivity index (χ3n) is 9.01. The minimum absolute atomic E-state index is 0.186. The first-order chi connectivity index (χ1) is 20.9. The van der Waals surface area contributed by atoms with Gasteiger partial charge >= 0.3 is 0 Å². The lowest BCUT2D eigenvalue weighted by Gasteiger charge is -2.40. The first-order valence-electron chi connectivity index (χ1n) is 15.8. The highest BCUT2D eigenvalue weighted by atomic mass is 16.2. The van der Waals surface area contributed by atoms with Gasteiger partial charge in [0.1, 0.15) is 5.54 Å². The van der Waals surface area contributed by atoms with Crippen LogP contribution in [-0.2, 0) is 4.79 Å². The number of carbonyl (C=O) groups excluding carboxylic acids is 2. The lowest BCUT2D eigenvalue weighted by Crippen LogP contribution is -2.61. The van der Waals surface area contributed by atoms with E-state index in [1.807, 2.05) is 60.7 Å². The molecule has 1 atom stereocenters. The van der Waals surface area contributed by atoms with E-state index in [1.54, 1.807) is 12.1 Å². The maximum atomic E-state index is 13.4. The van der Waals surface area contributed by atoms with Crippen molar-refractivity contribution in [1.82, 2.24) is 5.32 Å². The van der Waals surface area contributed by atoms with Crippen LogP contribution in [0.5, 0.6) is 0 Å². The van der Waals surface area contributed by atoms with Crippen molar-refractivity contribution in [3.8, 4) is 0 Å². The molecule has 0 spiro atoms. The summed E-state index contributed by atoms with van der Waals surface area (Å²) in [6.45, 7) is 4.36. The summed E-state index contributed by atoms with van der Waals surface area (Å²) in [4.78, 5) is 31.9. The molecular weight excluding hydrogens is 532 g/mol. The molecule has 2 saturated carbocycles. The Hall–Kier alpha value is -4.19. The Morgan fingerprint density at radius 3 is 2.33 bits per heavy atom. The van der Waals surface area contributed by atoms with Gasteiger partial charge in [0.2, 0.25) is 5.91 Å². The molecule has 3 aromatic rings. The Bertz CT molecular complexity index is 1470. The number of hydrogen-bond acceptors (Lipinski definition) is 4. The number of hydrogen-bond donors (Lipinski definition) is 3. The third-order valence-corrected chi connectivity index (χ3v) is 9.01. The number of nitrogens with zero attached hydrogens (tertiary/aromatic N) is 1. The zero-order valence-corrected chi connectivity index (χ0v) is 25.4. The second-order valence-electron chi connectivity index (χ2n) is 12.2. The van der Waals surface area contributed by atoms with Crippen LogP contribution in [0.2, 0.25) is 0 Å². The van der Waals surface area contributed by atoms with Gasteiger partial charge in [0.15, 0.2) is 0 Å². The maximum Gasteiger partial charge on any atom is 0.252 e. The Labute approximate surface area is 255 Å². The van der Waals surface area contributed by atoms with E-state index in [0.717, 1.165) is 48.2 Å². The summed E-state index contributed by atoms with van der Waals surface area (Å²) >= 11 is 0. The number of aliphatic imine (C=N–C) groups is 1. The van der Waals surface area contributed by atoms with Crippen molar-refractivity contribution in [1.29, 1.82) is 0 Å². The Morgan fingerprint density at radius 2 is 1.70 bits per heavy atom. The fourth-order valence-corrected chi connectivity index (χ4v) is 5.89. The molecule has 2 aliphatic rings. The summed E-state index contributed by atoms with van der Waals surface area (Å²) in [5, 5.41) is 6.07. The number of amides is 2. The average Bonchev–Trinajstić information content (AvgIpc) is 3.02. The minimum Gasteiger partial charge on any atom is -0.398 e. The van der Waals surface area contributed by atoms with Crippen LogP contribution in [0.3, 0.4) is 0 Å². The number of benzene rings is 3. The van der Waals surface area contributed by atoms with Gasteiger partial charge in [0.25, 0.3) is 5.91 Å². The molecule has 1 unspecified atom stereocenters. The predicted octanol–water partition coefficient (Wildman–Crippen LogP) is 8.32. The minimum atomic E-state index is -0.929. The van der Waals surface area contributed by atoms with Gasteiger partial charge in [-0.15, -0.1) is 0 Å². The Morgan fingerprint density at radius 1 is 0.977 bits per heavy atom. The van der Waals surface area contributed by atoms with Crippen LogP contribution >= 0.6 is 0 Å². The number of para-hydroxylation sites is 1. The van der Waals surface area contributed by atoms with E-state index in [4.69, 9.17) is 10.7 Å². The highest BCUT2D eigenvalue weighted by Crippen LogP contribution is 2.35. The van der Waals surface area contributed by atoms with E-state index in [2.05, 4.69) is 36.6 Å². The molecule has 0 radical (unpaired) electrons. The second kappa shape index (κ2) is 13.9. The highest BCUT2D eigenvalue weighted by molar-refractivity contribution is 6.09. The number of carbonyl (C=O) groups is 2. The zero-order chi connectivity index (χ0) is 30.2. The predicted molar refractivity (Wildman–Crippen MR) is 178 cm³/mol. The molecule has 5 rings (SSSR count). The SMILES string of the molecule is CCC(C)C=Cc1ccc(NC(=O)C2(NC(=O)c3ccc(C(=Nc4ccccc4)C4CCCCC4)c(N)c3)CCC2)cc1. The summed E-state index contributed by atoms with van der Waals surface area (Å²) < 4.78 is 0. The van der Waals surface area contributed by atoms with Gasteiger partial charge in [-0.2, -0.15) is 0 Å². The van der Waals surface area contributed by atoms with Gasteiger partial charge in [-0.3, -0.25) is 14.6 Å². The van der Waals surface area contributed by atoms with Crippen molar-refractivity contribution in [2.45, 2.75) is 77.2 Å². The van der Waals surface area contributed by atoms with Crippen LogP contribution in [0.1, 0.15) is 93.1 Å². The van der Waals surface area contributed by atoms with E-state index in [1.165, 1.54) is 19.3 Å². The van der Waals surface area contributed by atoms with E-state index < -0.39 is 5.54 Å². The molecule has 0 bridgehead atoms. The highest BCUT2D eigenvalue weighted by Gasteiger charge is 2.45. The summed E-state index contributed by atoms with van der Waals surface area (Å²) in [5.41, 5.74) is 11.2. The molecule has 224 valence electrons. The van der Waals surface area contributed by atoms with Crippen LogP contribution in [0.4, 0.5) is 17.1 Å². The fourth-order valence-electron chi connectivity index (χ4n) is 5.89. The molecule has 3 aromatic carbocycles. The van der Waals surface area contributed by atoms with Gasteiger partial charge in [0.05, 0.1) is 11.4 Å². The first kappa shape index (κ1) is 30.3. The normalized spacial score (nSPS) is 17.7. The van der Waals surface area contributed by atoms with Gasteiger partial charge in [-0.1, -0.05) is 88.1 Å². The smallest absolute Gasteiger partial charge is 0.252 e. The van der Waals surface area contributed by atoms with Crippen LogP contribution < -0.4 is 16.4 Å². The molecule has 2 fully saturated rings. The molecule has 43 heavy (non-hydrogen) atoms. The molecule has 0 saturated heterocycles. The van der Waals surface area contributed by atoms with Crippen molar-refractivity contribution in [2.75, 3.05) is 11.1 Å². The quantitative estimate of drug-likeness (QED) is 0.167. The number of nitrogens with one attached hydrogen (secondary N) is 2. The van der Waals surface area contributed by atoms with Crippen molar-refractivity contribution in [3.63, 3.8) is 0 Å². The summed E-state index contributed by atoms with van der Waals surface area (Å²) in [7, 11) is 0. The van der Waals surface area contributed by atoms with Crippen molar-refractivity contribution in [3.05, 3.63) is 95.6 Å². The van der Waals surface area contributed by atoms with Crippen molar-refractivity contribution < 1.29 is 9.59 Å². The number of nitrogens with two attached hydrogens (primary N) is 1. The topological polar surface area (TPSA) is 96.6 Å². The summed E-state index contributed by atoms with van der Waals surface area (Å²) in [5.74, 6) is 0.379. The van der Waals surface area contributed by atoms with E-state index >= 15 is 0 Å². The summed E-state index contributed by atoms with van der Waals surface area (Å²) in [6.07, 6.45) is 13.3. The molecule has 0 heterocycles. The van der Waals surface area contributed by atoms with Crippen LogP contribution in [0, 0.1) is 11.8 Å². The van der Waals surface area contributed by atoms with Crippen molar-refractivity contribution >= 4 is 40.7 Å². The molecule has 6 heteroatoms. The van der Waals surface area contributed by atoms with Gasteiger partial charge in [-0.25, -0.2) is 0 Å². The van der Waals surface area contributed by atoms with Gasteiger partial charge in [0, 0.05) is 28.4 Å². The molecule has 4 N–H and O–H groups in total. The van der Waals surface area contributed by atoms with Gasteiger partial charge < -0.3 is 16.4 Å². The fraction of sp³-hybridized carbons (Fsp3) is 0.378. The standard InChI is InChI=1S/C37H44N4O2/c1-3-26(2)15-16-27-17-20-31(21-18-27)40-36(43)37(23-10-24-37)41-35(42)29-19-22-32(33(38)25-29)34(28-11-6-4-7-12-28)39-30-13-8-5-9-14-30/h5,8-9,13-22,25-26,28H,3-4,6-7,10-12,23-24,38H2,1-2H3,(H,40,43)(H,41,42). The van der Waals surface area contributed by atoms with E-state index in [0.29, 0.717) is 41.6 Å².